The topological polar surface area (TPSA) is 116 Å². The van der Waals surface area contributed by atoms with E-state index in [0.29, 0.717) is 44.3 Å². The maximum Gasteiger partial charge on any atom is 0.341 e. The Morgan fingerprint density at radius 3 is 2.52 bits per heavy atom. The second kappa shape index (κ2) is 11.8. The third kappa shape index (κ3) is 6.88. The molecule has 2 N–H and O–H groups in total. The third-order valence-corrected chi connectivity index (χ3v) is 4.56. The van der Waals surface area contributed by atoms with Crippen LogP contribution in [0.15, 0.2) is 48.1 Å². The van der Waals surface area contributed by atoms with Gasteiger partial charge in [0, 0.05) is 5.56 Å². The second-order valence-corrected chi connectivity index (χ2v) is 7.04. The average molecular weight is 540 g/mol. The number of aliphatic carboxylic acids is 1. The van der Waals surface area contributed by atoms with E-state index in [1.807, 2.05) is 22.6 Å². The molecule has 10 heteroatoms. The van der Waals surface area contributed by atoms with Crippen LogP contribution in [0.4, 0.5) is 0 Å². The Morgan fingerprint density at radius 2 is 1.87 bits per heavy atom. The minimum Gasteiger partial charge on any atom is -0.493 e. The van der Waals surface area contributed by atoms with E-state index in [1.165, 1.54) is 20.4 Å². The third-order valence-electron chi connectivity index (χ3n) is 3.75. The molecule has 0 heterocycles. The zero-order valence-electron chi connectivity index (χ0n) is 16.9. The molecular weight excluding hydrogens is 519 g/mol. The summed E-state index contributed by atoms with van der Waals surface area (Å²) in [6.45, 7) is 3.41. The number of nitrogens with one attached hydrogen (secondary N) is 1. The highest BCUT2D eigenvalue weighted by atomic mass is 127. The van der Waals surface area contributed by atoms with E-state index in [2.05, 4.69) is 17.1 Å². The van der Waals surface area contributed by atoms with Gasteiger partial charge in [-0.15, -0.1) is 0 Å². The normalized spacial score (nSPS) is 10.4. The fraction of sp³-hybridized carbons (Fsp3) is 0.190. The summed E-state index contributed by atoms with van der Waals surface area (Å²) in [6, 6.07) is 8.09. The molecular formula is C21H21IN2O7. The first-order valence-corrected chi connectivity index (χ1v) is 9.94. The van der Waals surface area contributed by atoms with Crippen LogP contribution in [0.25, 0.3) is 0 Å². The van der Waals surface area contributed by atoms with Crippen molar-refractivity contribution in [1.29, 1.82) is 0 Å². The van der Waals surface area contributed by atoms with Crippen molar-refractivity contribution in [3.63, 3.8) is 0 Å². The van der Waals surface area contributed by atoms with Crippen molar-refractivity contribution in [2.24, 2.45) is 5.10 Å². The summed E-state index contributed by atoms with van der Waals surface area (Å²) in [4.78, 5) is 23.1. The molecule has 0 spiro atoms. The van der Waals surface area contributed by atoms with Crippen LogP contribution in [0.3, 0.4) is 0 Å². The summed E-state index contributed by atoms with van der Waals surface area (Å²) in [7, 11) is 2.92. The summed E-state index contributed by atoms with van der Waals surface area (Å²) in [5.74, 6) is 0.0402. The van der Waals surface area contributed by atoms with Gasteiger partial charge in [0.1, 0.15) is 6.61 Å². The molecule has 164 valence electrons. The lowest BCUT2D eigenvalue weighted by Gasteiger charge is -2.12. The van der Waals surface area contributed by atoms with Crippen LogP contribution >= 0.6 is 22.6 Å². The van der Waals surface area contributed by atoms with E-state index >= 15 is 0 Å². The van der Waals surface area contributed by atoms with Crippen LogP contribution in [0.1, 0.15) is 15.9 Å². The predicted molar refractivity (Wildman–Crippen MR) is 123 cm³/mol. The first-order valence-electron chi connectivity index (χ1n) is 8.86. The van der Waals surface area contributed by atoms with Gasteiger partial charge in [-0.05, 0) is 58.5 Å². The Balaban J connectivity index is 2.11. The number of rotatable bonds is 11. The van der Waals surface area contributed by atoms with E-state index < -0.39 is 18.5 Å². The smallest absolute Gasteiger partial charge is 0.341 e. The second-order valence-electron chi connectivity index (χ2n) is 5.88. The molecule has 0 fully saturated rings. The monoisotopic (exact) mass is 540 g/mol. The quantitative estimate of drug-likeness (QED) is 0.195. The molecule has 0 saturated heterocycles. The number of methoxy groups -OCH3 is 2. The Labute approximate surface area is 192 Å². The maximum absolute atomic E-state index is 12.4. The van der Waals surface area contributed by atoms with Crippen molar-refractivity contribution in [1.82, 2.24) is 5.43 Å². The molecule has 0 aromatic heterocycles. The van der Waals surface area contributed by atoms with Crippen LogP contribution in [-0.4, -0.2) is 50.6 Å². The number of carbonyl (C=O) groups is 2. The first-order chi connectivity index (χ1) is 14.9. The molecule has 9 nitrogen and oxygen atoms in total. The van der Waals surface area contributed by atoms with Crippen molar-refractivity contribution < 1.29 is 33.6 Å². The zero-order chi connectivity index (χ0) is 22.8. The highest BCUT2D eigenvalue weighted by Crippen LogP contribution is 2.33. The number of carboxylic acids is 1. The summed E-state index contributed by atoms with van der Waals surface area (Å²) < 4.78 is 21.9. The molecule has 0 unspecified atom stereocenters. The van der Waals surface area contributed by atoms with Crippen LogP contribution < -0.4 is 24.4 Å². The lowest BCUT2D eigenvalue weighted by atomic mass is 10.2. The summed E-state index contributed by atoms with van der Waals surface area (Å²) in [6.07, 6.45) is 3.04. The van der Waals surface area contributed by atoms with Gasteiger partial charge in [0.15, 0.2) is 29.6 Å². The Morgan fingerprint density at radius 1 is 1.13 bits per heavy atom. The number of carboxylic acid groups (broad SMARTS) is 1. The van der Waals surface area contributed by atoms with Gasteiger partial charge < -0.3 is 24.1 Å². The molecule has 0 bridgehead atoms. The molecule has 0 atom stereocenters. The van der Waals surface area contributed by atoms with Crippen molar-refractivity contribution in [3.8, 4) is 23.0 Å². The fourth-order valence-electron chi connectivity index (χ4n) is 2.40. The number of benzene rings is 2. The van der Waals surface area contributed by atoms with E-state index in [0.717, 1.165) is 0 Å². The highest BCUT2D eigenvalue weighted by Gasteiger charge is 2.13. The van der Waals surface area contributed by atoms with Gasteiger partial charge in [-0.25, -0.2) is 10.2 Å². The average Bonchev–Trinajstić information content (AvgIpc) is 2.76. The number of halogens is 1. The summed E-state index contributed by atoms with van der Waals surface area (Å²) >= 11 is 2.00. The van der Waals surface area contributed by atoms with Crippen LogP contribution in [0, 0.1) is 3.57 Å². The van der Waals surface area contributed by atoms with E-state index in [9.17, 15) is 9.59 Å². The molecule has 2 aromatic rings. The van der Waals surface area contributed by atoms with Gasteiger partial charge in [0.2, 0.25) is 0 Å². The van der Waals surface area contributed by atoms with Crippen LogP contribution in [0.2, 0.25) is 0 Å². The standard InChI is InChI=1S/C21H21IN2O7/c1-4-7-30-16-6-5-14(10-17(16)28-2)21(27)24-23-11-13-8-15(22)20(18(9-13)29-3)31-12-19(25)26/h4-6,8-11H,1,7,12H2,2-3H3,(H,24,27)(H,25,26)/b23-11+. The van der Waals surface area contributed by atoms with Gasteiger partial charge in [0.05, 0.1) is 24.0 Å². The molecule has 0 aliphatic carbocycles. The molecule has 0 radical (unpaired) electrons. The number of nitrogens with zero attached hydrogens (tertiary/aromatic N) is 1. The molecule has 2 rings (SSSR count). The number of carbonyl (C=O) groups excluding carboxylic acids is 1. The van der Waals surface area contributed by atoms with Gasteiger partial charge in [-0.3, -0.25) is 4.79 Å². The largest absolute Gasteiger partial charge is 0.493 e. The predicted octanol–water partition coefficient (Wildman–Crippen LogP) is 3.10. The number of hydrazone groups is 1. The van der Waals surface area contributed by atoms with E-state index in [-0.39, 0.29) is 0 Å². The van der Waals surface area contributed by atoms with Gasteiger partial charge in [-0.2, -0.15) is 5.10 Å². The lowest BCUT2D eigenvalue weighted by Crippen LogP contribution is -2.17. The molecule has 0 aliphatic rings. The zero-order valence-corrected chi connectivity index (χ0v) is 19.0. The maximum atomic E-state index is 12.4. The van der Waals surface area contributed by atoms with E-state index in [1.54, 1.807) is 36.4 Å². The van der Waals surface area contributed by atoms with E-state index in [4.69, 9.17) is 24.1 Å². The molecule has 0 saturated carbocycles. The van der Waals surface area contributed by atoms with Gasteiger partial charge >= 0.3 is 5.97 Å². The van der Waals surface area contributed by atoms with Crippen LogP contribution in [-0.2, 0) is 4.79 Å². The first kappa shape index (κ1) is 24.0. The lowest BCUT2D eigenvalue weighted by molar-refractivity contribution is -0.139. The number of ether oxygens (including phenoxy) is 4. The minimum absolute atomic E-state index is 0.314. The summed E-state index contributed by atoms with van der Waals surface area (Å²) in [5, 5.41) is 12.7. The minimum atomic E-state index is -1.09. The molecule has 31 heavy (non-hydrogen) atoms. The van der Waals surface area contributed by atoms with Crippen molar-refractivity contribution in [2.75, 3.05) is 27.4 Å². The molecule has 2 aromatic carbocycles. The van der Waals surface area contributed by atoms with Gasteiger partial charge in [0.25, 0.3) is 5.91 Å². The van der Waals surface area contributed by atoms with Crippen molar-refractivity contribution in [2.45, 2.75) is 0 Å². The Bertz CT molecular complexity index is 992. The summed E-state index contributed by atoms with van der Waals surface area (Å²) in [5.41, 5.74) is 3.40. The van der Waals surface area contributed by atoms with Gasteiger partial charge in [-0.1, -0.05) is 12.7 Å². The van der Waals surface area contributed by atoms with Crippen LogP contribution in [0.5, 0.6) is 23.0 Å². The number of amides is 1. The molecule has 1 amide bonds. The highest BCUT2D eigenvalue weighted by molar-refractivity contribution is 14.1. The van der Waals surface area contributed by atoms with Crippen molar-refractivity contribution >= 4 is 40.7 Å². The number of hydrogen-bond donors (Lipinski definition) is 2. The Kier molecular flexibility index (Phi) is 9.13. The number of hydrogen-bond acceptors (Lipinski definition) is 7. The van der Waals surface area contributed by atoms with Crippen molar-refractivity contribution in [3.05, 3.63) is 57.7 Å². The molecule has 0 aliphatic heterocycles. The fourth-order valence-corrected chi connectivity index (χ4v) is 3.18. The Hall–Kier alpha value is -3.28. The SMILES string of the molecule is C=CCOc1ccc(C(=O)N/N=C/c2cc(I)c(OCC(=O)O)c(OC)c2)cc1OC.